The minimum absolute atomic E-state index is 0.266. The lowest BCUT2D eigenvalue weighted by Crippen LogP contribution is -2.48. The van der Waals surface area contributed by atoms with Gasteiger partial charge in [0.2, 0.25) is 0 Å². The van der Waals surface area contributed by atoms with Crippen LogP contribution >= 0.6 is 0 Å². The van der Waals surface area contributed by atoms with Gasteiger partial charge in [-0.2, -0.15) is 0 Å². The Hall–Kier alpha value is -2.05. The summed E-state index contributed by atoms with van der Waals surface area (Å²) < 4.78 is 5.96. The van der Waals surface area contributed by atoms with E-state index >= 15 is 0 Å². The van der Waals surface area contributed by atoms with Gasteiger partial charge in [0.1, 0.15) is 11.5 Å². The number of nitrogens with zero attached hydrogens (tertiary/aromatic N) is 5. The number of hydrogen-bond donors (Lipinski definition) is 0. The average Bonchev–Trinajstić information content (AvgIpc) is 3.08. The third-order valence-corrected chi connectivity index (χ3v) is 4.92. The van der Waals surface area contributed by atoms with Crippen LogP contribution in [-0.2, 0) is 11.2 Å². The van der Waals surface area contributed by atoms with Crippen LogP contribution in [0.2, 0.25) is 0 Å². The monoisotopic (exact) mass is 325 g/mol. The lowest BCUT2D eigenvalue weighted by Gasteiger charge is -2.33. The minimum atomic E-state index is 0.266. The predicted molar refractivity (Wildman–Crippen MR) is 93.0 cm³/mol. The highest BCUT2D eigenvalue weighted by atomic mass is 16.5. The number of morpholine rings is 1. The molecule has 0 aliphatic carbocycles. The number of hydrogen-bond acceptors (Lipinski definition) is 6. The second-order valence-corrected chi connectivity index (χ2v) is 6.47. The van der Waals surface area contributed by atoms with Crippen molar-refractivity contribution in [2.45, 2.75) is 25.5 Å². The summed E-state index contributed by atoms with van der Waals surface area (Å²) in [6, 6.07) is 8.38. The summed E-state index contributed by atoms with van der Waals surface area (Å²) in [7, 11) is 2.18. The normalized spacial score (nSPS) is 24.2. The standard InChI is InChI=1S/C18H23N5O/c1-3-13-10-17(21-18(20-13)14-6-4-5-7-19-14)23-11-15-16(12-23)24-9-8-22(15)2/h4-7,10,15-16H,3,8-9,11-12H2,1-2H3. The van der Waals surface area contributed by atoms with Crippen molar-refractivity contribution < 1.29 is 4.74 Å². The summed E-state index contributed by atoms with van der Waals surface area (Å²) >= 11 is 0. The Morgan fingerprint density at radius 3 is 2.92 bits per heavy atom. The topological polar surface area (TPSA) is 54.4 Å². The molecule has 2 unspecified atom stereocenters. The van der Waals surface area contributed by atoms with E-state index in [0.717, 1.165) is 49.9 Å². The summed E-state index contributed by atoms with van der Waals surface area (Å²) in [5.41, 5.74) is 1.86. The van der Waals surface area contributed by atoms with Gasteiger partial charge in [0, 0.05) is 37.6 Å². The number of likely N-dealkylation sites (N-methyl/N-ethyl adjacent to an activating group) is 1. The number of aromatic nitrogens is 3. The lowest BCUT2D eigenvalue weighted by atomic mass is 10.1. The first-order valence-electron chi connectivity index (χ1n) is 8.60. The van der Waals surface area contributed by atoms with Gasteiger partial charge in [0.25, 0.3) is 0 Å². The van der Waals surface area contributed by atoms with Crippen LogP contribution in [0.4, 0.5) is 5.82 Å². The molecule has 2 aromatic rings. The van der Waals surface area contributed by atoms with Gasteiger partial charge in [-0.05, 0) is 25.6 Å². The van der Waals surface area contributed by atoms with Crippen LogP contribution in [0, 0.1) is 0 Å². The molecular weight excluding hydrogens is 302 g/mol. The van der Waals surface area contributed by atoms with Crippen molar-refractivity contribution >= 4 is 5.82 Å². The molecule has 2 aliphatic rings. The predicted octanol–water partition coefficient (Wildman–Crippen LogP) is 1.62. The molecule has 0 spiro atoms. The summed E-state index contributed by atoms with van der Waals surface area (Å²) in [4.78, 5) is 18.6. The summed E-state index contributed by atoms with van der Waals surface area (Å²) in [5, 5.41) is 0. The van der Waals surface area contributed by atoms with Crippen LogP contribution in [0.15, 0.2) is 30.5 Å². The van der Waals surface area contributed by atoms with E-state index in [-0.39, 0.29) is 6.10 Å². The van der Waals surface area contributed by atoms with E-state index in [4.69, 9.17) is 9.72 Å². The van der Waals surface area contributed by atoms with Gasteiger partial charge in [0.05, 0.1) is 18.8 Å². The molecule has 0 bridgehead atoms. The van der Waals surface area contributed by atoms with Crippen LogP contribution in [0.3, 0.4) is 0 Å². The molecule has 24 heavy (non-hydrogen) atoms. The maximum absolute atomic E-state index is 5.96. The minimum Gasteiger partial charge on any atom is -0.373 e. The van der Waals surface area contributed by atoms with Crippen LogP contribution in [0.1, 0.15) is 12.6 Å². The Morgan fingerprint density at radius 2 is 2.17 bits per heavy atom. The third-order valence-electron chi connectivity index (χ3n) is 4.92. The van der Waals surface area contributed by atoms with Crippen molar-refractivity contribution in [3.63, 3.8) is 0 Å². The molecule has 2 saturated heterocycles. The smallest absolute Gasteiger partial charge is 0.180 e. The van der Waals surface area contributed by atoms with Crippen molar-refractivity contribution in [1.29, 1.82) is 0 Å². The third kappa shape index (κ3) is 2.87. The van der Waals surface area contributed by atoms with Gasteiger partial charge in [-0.15, -0.1) is 0 Å². The van der Waals surface area contributed by atoms with Gasteiger partial charge < -0.3 is 9.64 Å². The molecule has 4 heterocycles. The maximum Gasteiger partial charge on any atom is 0.180 e. The van der Waals surface area contributed by atoms with E-state index in [1.165, 1.54) is 0 Å². The quantitative estimate of drug-likeness (QED) is 0.855. The molecule has 6 nitrogen and oxygen atoms in total. The molecule has 0 N–H and O–H groups in total. The number of ether oxygens (including phenoxy) is 1. The molecule has 2 atom stereocenters. The van der Waals surface area contributed by atoms with Gasteiger partial charge in [-0.25, -0.2) is 9.97 Å². The van der Waals surface area contributed by atoms with Crippen LogP contribution in [0.5, 0.6) is 0 Å². The number of fused-ring (bicyclic) bond motifs is 1. The SMILES string of the molecule is CCc1cc(N2CC3OCCN(C)C3C2)nc(-c2ccccn2)n1. The summed E-state index contributed by atoms with van der Waals surface area (Å²) in [6.45, 7) is 5.77. The van der Waals surface area contributed by atoms with Gasteiger partial charge in [0.15, 0.2) is 5.82 Å². The molecule has 0 amide bonds. The van der Waals surface area contributed by atoms with Crippen molar-refractivity contribution in [2.24, 2.45) is 0 Å². The van der Waals surface area contributed by atoms with Crippen molar-refractivity contribution in [3.05, 3.63) is 36.2 Å². The average molecular weight is 325 g/mol. The zero-order valence-electron chi connectivity index (χ0n) is 14.2. The van der Waals surface area contributed by atoms with Crippen molar-refractivity contribution in [3.8, 4) is 11.5 Å². The molecule has 0 radical (unpaired) electrons. The fraction of sp³-hybridized carbons (Fsp3) is 0.500. The Morgan fingerprint density at radius 1 is 1.25 bits per heavy atom. The first-order chi connectivity index (χ1) is 11.7. The first kappa shape index (κ1) is 15.5. The molecule has 126 valence electrons. The second-order valence-electron chi connectivity index (χ2n) is 6.47. The highest BCUT2D eigenvalue weighted by molar-refractivity contribution is 5.54. The largest absolute Gasteiger partial charge is 0.373 e. The van der Waals surface area contributed by atoms with E-state index in [1.807, 2.05) is 18.2 Å². The zero-order chi connectivity index (χ0) is 16.5. The first-order valence-corrected chi connectivity index (χ1v) is 8.60. The van der Waals surface area contributed by atoms with E-state index in [9.17, 15) is 0 Å². The molecular formula is C18H23N5O. The van der Waals surface area contributed by atoms with E-state index in [1.54, 1.807) is 6.20 Å². The van der Waals surface area contributed by atoms with Gasteiger partial charge in [-0.3, -0.25) is 9.88 Å². The Labute approximate surface area is 142 Å². The van der Waals surface area contributed by atoms with Gasteiger partial charge >= 0.3 is 0 Å². The molecule has 2 fully saturated rings. The van der Waals surface area contributed by atoms with Crippen molar-refractivity contribution in [2.75, 3.05) is 38.2 Å². The van der Waals surface area contributed by atoms with E-state index < -0.39 is 0 Å². The molecule has 0 aromatic carbocycles. The maximum atomic E-state index is 5.96. The summed E-state index contributed by atoms with van der Waals surface area (Å²) in [6.07, 6.45) is 2.93. The molecule has 0 saturated carbocycles. The van der Waals surface area contributed by atoms with E-state index in [2.05, 4.69) is 39.8 Å². The van der Waals surface area contributed by atoms with Crippen LogP contribution in [-0.4, -0.2) is 65.3 Å². The van der Waals surface area contributed by atoms with Crippen molar-refractivity contribution in [1.82, 2.24) is 19.9 Å². The second kappa shape index (κ2) is 6.45. The molecule has 2 aliphatic heterocycles. The van der Waals surface area contributed by atoms with E-state index in [0.29, 0.717) is 11.9 Å². The number of pyridine rings is 1. The lowest BCUT2D eigenvalue weighted by molar-refractivity contribution is -0.0362. The Kier molecular flexibility index (Phi) is 4.16. The zero-order valence-corrected chi connectivity index (χ0v) is 14.2. The number of aryl methyl sites for hydroxylation is 1. The fourth-order valence-electron chi connectivity index (χ4n) is 3.48. The summed E-state index contributed by atoms with van der Waals surface area (Å²) in [5.74, 6) is 1.68. The number of anilines is 1. The van der Waals surface area contributed by atoms with Crippen LogP contribution < -0.4 is 4.90 Å². The van der Waals surface area contributed by atoms with Crippen LogP contribution in [0.25, 0.3) is 11.5 Å². The Bertz CT molecular complexity index is 708. The molecule has 2 aromatic heterocycles. The van der Waals surface area contributed by atoms with Gasteiger partial charge in [-0.1, -0.05) is 13.0 Å². The highest BCUT2D eigenvalue weighted by Gasteiger charge is 2.39. The molecule has 4 rings (SSSR count). The fourth-order valence-corrected chi connectivity index (χ4v) is 3.48. The highest BCUT2D eigenvalue weighted by Crippen LogP contribution is 2.27. The number of rotatable bonds is 3. The molecule has 6 heteroatoms. The Balaban J connectivity index is 1.66.